The van der Waals surface area contributed by atoms with E-state index in [2.05, 4.69) is 16.4 Å². The molecule has 1 aromatic heterocycles. The van der Waals surface area contributed by atoms with Gasteiger partial charge in [-0.15, -0.1) is 0 Å². The normalized spacial score (nSPS) is 17.9. The smallest absolute Gasteiger partial charge is 0.129 e. The highest BCUT2D eigenvalue weighted by Gasteiger charge is 2.28. The molecule has 4 rings (SSSR count). The molecule has 1 unspecified atom stereocenters. The summed E-state index contributed by atoms with van der Waals surface area (Å²) in [6.07, 6.45) is 0.932. The van der Waals surface area contributed by atoms with Crippen molar-refractivity contribution in [3.8, 4) is 0 Å². The van der Waals surface area contributed by atoms with Gasteiger partial charge in [0.15, 0.2) is 0 Å². The van der Waals surface area contributed by atoms with E-state index < -0.39 is 0 Å². The maximum absolute atomic E-state index is 14.2. The van der Waals surface area contributed by atoms with Gasteiger partial charge >= 0.3 is 0 Å². The molecule has 2 N–H and O–H groups in total. The number of aromatic amines is 1. The highest BCUT2D eigenvalue weighted by atomic mass is 35.5. The largest absolute Gasteiger partial charge is 0.357 e. The predicted molar refractivity (Wildman–Crippen MR) is 83.3 cm³/mol. The van der Waals surface area contributed by atoms with Crippen molar-refractivity contribution in [3.05, 3.63) is 70.1 Å². The van der Waals surface area contributed by atoms with E-state index in [0.717, 1.165) is 24.2 Å². The molecule has 1 atom stereocenters. The predicted octanol–water partition coefficient (Wildman–Crippen LogP) is 4.20. The topological polar surface area (TPSA) is 27.8 Å². The van der Waals surface area contributed by atoms with E-state index >= 15 is 0 Å². The fourth-order valence-electron chi connectivity index (χ4n) is 3.21. The van der Waals surface area contributed by atoms with Crippen molar-refractivity contribution >= 4 is 22.5 Å². The van der Waals surface area contributed by atoms with Gasteiger partial charge < -0.3 is 10.3 Å². The monoisotopic (exact) mass is 300 g/mol. The van der Waals surface area contributed by atoms with Crippen LogP contribution in [0.4, 0.5) is 4.39 Å². The van der Waals surface area contributed by atoms with Gasteiger partial charge in [-0.2, -0.15) is 0 Å². The van der Waals surface area contributed by atoms with Gasteiger partial charge in [-0.1, -0.05) is 35.9 Å². The Morgan fingerprint density at radius 1 is 1.10 bits per heavy atom. The Morgan fingerprint density at radius 2 is 1.95 bits per heavy atom. The summed E-state index contributed by atoms with van der Waals surface area (Å²) in [5, 5.41) is 5.05. The molecule has 0 saturated carbocycles. The summed E-state index contributed by atoms with van der Waals surface area (Å²) >= 11 is 6.23. The summed E-state index contributed by atoms with van der Waals surface area (Å²) in [6, 6.07) is 12.8. The fraction of sp³-hybridized carbons (Fsp3) is 0.176. The van der Waals surface area contributed by atoms with E-state index in [9.17, 15) is 4.39 Å². The Bertz CT molecular complexity index is 805. The van der Waals surface area contributed by atoms with E-state index in [1.165, 1.54) is 17.0 Å². The van der Waals surface area contributed by atoms with Crippen molar-refractivity contribution in [2.45, 2.75) is 12.5 Å². The Kier molecular flexibility index (Phi) is 2.98. The van der Waals surface area contributed by atoms with Gasteiger partial charge in [-0.3, -0.25) is 0 Å². The number of fused-ring (bicyclic) bond motifs is 3. The quantitative estimate of drug-likeness (QED) is 0.693. The lowest BCUT2D eigenvalue weighted by Crippen LogP contribution is -2.31. The van der Waals surface area contributed by atoms with Crippen LogP contribution in [0.3, 0.4) is 0 Å². The van der Waals surface area contributed by atoms with Crippen LogP contribution in [0.2, 0.25) is 5.02 Å². The van der Waals surface area contributed by atoms with E-state index in [-0.39, 0.29) is 11.9 Å². The molecule has 2 nitrogen and oxygen atoms in total. The van der Waals surface area contributed by atoms with E-state index in [4.69, 9.17) is 11.6 Å². The molecule has 106 valence electrons. The molecule has 0 bridgehead atoms. The number of benzene rings is 2. The third kappa shape index (κ3) is 1.96. The van der Waals surface area contributed by atoms with Crippen LogP contribution in [0, 0.1) is 5.82 Å². The Hall–Kier alpha value is -1.84. The minimum absolute atomic E-state index is 0.227. The number of nitrogens with one attached hydrogen (secondary N) is 2. The summed E-state index contributed by atoms with van der Waals surface area (Å²) in [4.78, 5) is 3.43. The molecule has 0 amide bonds. The zero-order valence-corrected chi connectivity index (χ0v) is 12.0. The average molecular weight is 301 g/mol. The molecule has 1 aliphatic rings. The van der Waals surface area contributed by atoms with Crippen LogP contribution in [-0.2, 0) is 6.42 Å². The SMILES string of the molecule is Fc1cccc(Cl)c1C1NCCc2c1[nH]c1ccccc21. The Balaban J connectivity index is 1.95. The third-order valence-electron chi connectivity index (χ3n) is 4.15. The second-order valence-corrected chi connectivity index (χ2v) is 5.74. The summed E-state index contributed by atoms with van der Waals surface area (Å²) in [7, 11) is 0. The molecule has 1 aliphatic heterocycles. The first kappa shape index (κ1) is 12.9. The number of aromatic nitrogens is 1. The van der Waals surface area contributed by atoms with Crippen molar-refractivity contribution in [2.75, 3.05) is 6.54 Å². The van der Waals surface area contributed by atoms with Gasteiger partial charge in [0.25, 0.3) is 0 Å². The molecule has 0 fully saturated rings. The molecule has 2 heterocycles. The number of halogens is 2. The number of para-hydroxylation sites is 1. The van der Waals surface area contributed by atoms with Crippen molar-refractivity contribution < 1.29 is 4.39 Å². The van der Waals surface area contributed by atoms with Crippen LogP contribution in [0.25, 0.3) is 10.9 Å². The van der Waals surface area contributed by atoms with Gasteiger partial charge in [-0.05, 0) is 30.2 Å². The molecule has 21 heavy (non-hydrogen) atoms. The summed E-state index contributed by atoms with van der Waals surface area (Å²) in [5.41, 5.74) is 3.89. The molecular weight excluding hydrogens is 287 g/mol. The highest BCUT2D eigenvalue weighted by Crippen LogP contribution is 2.36. The van der Waals surface area contributed by atoms with Crippen molar-refractivity contribution in [1.29, 1.82) is 0 Å². The molecule has 0 aliphatic carbocycles. The van der Waals surface area contributed by atoms with E-state index in [1.54, 1.807) is 12.1 Å². The van der Waals surface area contributed by atoms with Gasteiger partial charge in [0.05, 0.1) is 6.04 Å². The fourth-order valence-corrected chi connectivity index (χ4v) is 3.49. The van der Waals surface area contributed by atoms with Crippen LogP contribution in [-0.4, -0.2) is 11.5 Å². The van der Waals surface area contributed by atoms with Crippen LogP contribution in [0.1, 0.15) is 22.9 Å². The third-order valence-corrected chi connectivity index (χ3v) is 4.48. The molecular formula is C17H14ClFN2. The molecule has 2 aromatic carbocycles. The van der Waals surface area contributed by atoms with Crippen LogP contribution in [0.15, 0.2) is 42.5 Å². The first-order valence-corrected chi connectivity index (χ1v) is 7.40. The second kappa shape index (κ2) is 4.86. The second-order valence-electron chi connectivity index (χ2n) is 5.34. The molecule has 0 spiro atoms. The maximum atomic E-state index is 14.2. The first-order chi connectivity index (χ1) is 10.3. The summed E-state index contributed by atoms with van der Waals surface area (Å²) in [6.45, 7) is 0.810. The van der Waals surface area contributed by atoms with Crippen molar-refractivity contribution in [2.24, 2.45) is 0 Å². The highest BCUT2D eigenvalue weighted by molar-refractivity contribution is 6.31. The van der Waals surface area contributed by atoms with E-state index in [0.29, 0.717) is 10.6 Å². The van der Waals surface area contributed by atoms with Gasteiger partial charge in [0.2, 0.25) is 0 Å². The van der Waals surface area contributed by atoms with Crippen LogP contribution >= 0.6 is 11.6 Å². The lowest BCUT2D eigenvalue weighted by atomic mass is 9.94. The number of H-pyrrole nitrogens is 1. The Morgan fingerprint density at radius 3 is 2.81 bits per heavy atom. The molecule has 0 saturated heterocycles. The number of hydrogen-bond acceptors (Lipinski definition) is 1. The van der Waals surface area contributed by atoms with Gasteiger partial charge in [-0.25, -0.2) is 4.39 Å². The molecule has 0 radical (unpaired) electrons. The minimum atomic E-state index is -0.272. The van der Waals surface area contributed by atoms with Crippen molar-refractivity contribution in [1.82, 2.24) is 10.3 Å². The first-order valence-electron chi connectivity index (χ1n) is 7.02. The number of hydrogen-bond donors (Lipinski definition) is 2. The summed E-state index contributed by atoms with van der Waals surface area (Å²) in [5.74, 6) is -0.272. The van der Waals surface area contributed by atoms with Gasteiger partial charge in [0.1, 0.15) is 5.82 Å². The lowest BCUT2D eigenvalue weighted by molar-refractivity contribution is 0.523. The van der Waals surface area contributed by atoms with Crippen LogP contribution < -0.4 is 5.32 Å². The Labute approximate surface area is 126 Å². The minimum Gasteiger partial charge on any atom is -0.357 e. The van der Waals surface area contributed by atoms with E-state index in [1.807, 2.05) is 18.2 Å². The number of rotatable bonds is 1. The molecule has 3 aromatic rings. The van der Waals surface area contributed by atoms with Crippen molar-refractivity contribution in [3.63, 3.8) is 0 Å². The lowest BCUT2D eigenvalue weighted by Gasteiger charge is -2.25. The zero-order valence-electron chi connectivity index (χ0n) is 11.3. The van der Waals surface area contributed by atoms with Gasteiger partial charge in [0, 0.05) is 33.7 Å². The molecule has 4 heteroatoms. The van der Waals surface area contributed by atoms with Crippen LogP contribution in [0.5, 0.6) is 0 Å². The zero-order chi connectivity index (χ0) is 14.4. The standard InChI is InChI=1S/C17H14ClFN2/c18-12-5-3-6-13(19)15(12)17-16-11(8-9-20-17)10-4-1-2-7-14(10)21-16/h1-7,17,20-21H,8-9H2. The maximum Gasteiger partial charge on any atom is 0.129 e. The summed E-state index contributed by atoms with van der Waals surface area (Å²) < 4.78 is 14.2. The average Bonchev–Trinajstić information content (AvgIpc) is 2.87.